The van der Waals surface area contributed by atoms with Gasteiger partial charge in [0.05, 0.1) is 9.26 Å². The molecule has 9 heteroatoms. The molecule has 1 aliphatic rings. The number of rotatable bonds is 2. The lowest BCUT2D eigenvalue weighted by molar-refractivity contribution is -0.122. The summed E-state index contributed by atoms with van der Waals surface area (Å²) in [6.45, 7) is 0. The Morgan fingerprint density at radius 1 is 1.15 bits per heavy atom. The maximum Gasteiger partial charge on any atom is 0.270 e. The van der Waals surface area contributed by atoms with Crippen LogP contribution in [0.25, 0.3) is 6.08 Å². The first-order valence-corrected chi connectivity index (χ1v) is 10.2. The van der Waals surface area contributed by atoms with Crippen LogP contribution in [-0.4, -0.2) is 22.0 Å². The number of thiocarbonyl (C=S) groups is 1. The van der Waals surface area contributed by atoms with Crippen LogP contribution in [0.4, 0.5) is 5.69 Å². The molecule has 1 heterocycles. The molecule has 0 aliphatic carbocycles. The highest BCUT2D eigenvalue weighted by Gasteiger charge is 2.34. The van der Waals surface area contributed by atoms with Gasteiger partial charge in [0, 0.05) is 14.5 Å². The zero-order valence-electron chi connectivity index (χ0n) is 12.8. The first-order chi connectivity index (χ1) is 12.3. The molecule has 5 nitrogen and oxygen atoms in total. The topological polar surface area (TPSA) is 69.6 Å². The SMILES string of the molecule is O=C1NC(=S)N(c2cccc(Br)c2)C(=O)/C1=C\c1cc(Br)cc(I)c1O. The van der Waals surface area contributed by atoms with Crippen molar-refractivity contribution in [1.29, 1.82) is 0 Å². The number of amides is 2. The molecule has 1 saturated heterocycles. The molecule has 2 aromatic rings. The number of nitrogens with zero attached hydrogens (tertiary/aromatic N) is 1. The summed E-state index contributed by atoms with van der Waals surface area (Å²) in [6, 6.07) is 10.4. The van der Waals surface area contributed by atoms with Crippen LogP contribution in [0.15, 0.2) is 50.9 Å². The fourth-order valence-electron chi connectivity index (χ4n) is 2.36. The molecule has 0 aromatic heterocycles. The summed E-state index contributed by atoms with van der Waals surface area (Å²) in [4.78, 5) is 26.5. The lowest BCUT2D eigenvalue weighted by atomic mass is 10.1. The molecular formula is C17H9Br2IN2O3S. The van der Waals surface area contributed by atoms with Gasteiger partial charge in [-0.05, 0) is 71.2 Å². The van der Waals surface area contributed by atoms with E-state index < -0.39 is 11.8 Å². The van der Waals surface area contributed by atoms with Gasteiger partial charge in [-0.1, -0.05) is 37.9 Å². The number of benzene rings is 2. The average Bonchev–Trinajstić information content (AvgIpc) is 2.55. The highest BCUT2D eigenvalue weighted by molar-refractivity contribution is 14.1. The third-order valence-electron chi connectivity index (χ3n) is 3.53. The molecule has 0 saturated carbocycles. The van der Waals surface area contributed by atoms with E-state index in [1.807, 2.05) is 28.7 Å². The number of hydrogen-bond donors (Lipinski definition) is 2. The van der Waals surface area contributed by atoms with Gasteiger partial charge in [-0.3, -0.25) is 19.8 Å². The molecule has 3 rings (SSSR count). The lowest BCUT2D eigenvalue weighted by Gasteiger charge is -2.29. The van der Waals surface area contributed by atoms with Gasteiger partial charge in [-0.25, -0.2) is 0 Å². The van der Waals surface area contributed by atoms with Crippen molar-refractivity contribution in [3.8, 4) is 5.75 Å². The Morgan fingerprint density at radius 3 is 2.58 bits per heavy atom. The van der Waals surface area contributed by atoms with E-state index in [9.17, 15) is 14.7 Å². The Labute approximate surface area is 184 Å². The molecule has 0 atom stereocenters. The van der Waals surface area contributed by atoms with Crippen LogP contribution >= 0.6 is 66.7 Å². The smallest absolute Gasteiger partial charge is 0.270 e. The average molecular weight is 608 g/mol. The summed E-state index contributed by atoms with van der Waals surface area (Å²) in [7, 11) is 0. The largest absolute Gasteiger partial charge is 0.506 e. The summed E-state index contributed by atoms with van der Waals surface area (Å²) in [5.74, 6) is -1.18. The molecule has 0 radical (unpaired) electrons. The fourth-order valence-corrected chi connectivity index (χ4v) is 4.58. The lowest BCUT2D eigenvalue weighted by Crippen LogP contribution is -2.54. The second kappa shape index (κ2) is 7.75. The van der Waals surface area contributed by atoms with Crippen LogP contribution in [0.1, 0.15) is 5.56 Å². The molecule has 2 amide bonds. The van der Waals surface area contributed by atoms with Gasteiger partial charge in [0.2, 0.25) is 0 Å². The number of carbonyl (C=O) groups excluding carboxylic acids is 2. The van der Waals surface area contributed by atoms with Crippen molar-refractivity contribution in [3.63, 3.8) is 0 Å². The molecule has 132 valence electrons. The Kier molecular flexibility index (Phi) is 5.80. The van der Waals surface area contributed by atoms with Crippen LogP contribution in [0.3, 0.4) is 0 Å². The number of nitrogens with one attached hydrogen (secondary N) is 1. The van der Waals surface area contributed by atoms with Crippen molar-refractivity contribution < 1.29 is 14.7 Å². The number of aromatic hydroxyl groups is 1. The van der Waals surface area contributed by atoms with E-state index >= 15 is 0 Å². The quantitative estimate of drug-likeness (QED) is 0.231. The minimum absolute atomic E-state index is 0.00305. The molecule has 2 aromatic carbocycles. The summed E-state index contributed by atoms with van der Waals surface area (Å²) in [5, 5.41) is 12.8. The highest BCUT2D eigenvalue weighted by Crippen LogP contribution is 2.31. The van der Waals surface area contributed by atoms with Gasteiger partial charge in [0.25, 0.3) is 11.8 Å². The maximum absolute atomic E-state index is 12.9. The summed E-state index contributed by atoms with van der Waals surface area (Å²) < 4.78 is 2.08. The van der Waals surface area contributed by atoms with E-state index in [1.165, 1.54) is 11.0 Å². The number of halogens is 3. The molecule has 2 N–H and O–H groups in total. The minimum atomic E-state index is -0.611. The molecular weight excluding hydrogens is 599 g/mol. The summed E-state index contributed by atoms with van der Waals surface area (Å²) >= 11 is 13.8. The van der Waals surface area contributed by atoms with E-state index in [-0.39, 0.29) is 16.4 Å². The van der Waals surface area contributed by atoms with Crippen molar-refractivity contribution in [2.24, 2.45) is 0 Å². The third-order valence-corrected chi connectivity index (χ3v) is 5.58. The molecule has 26 heavy (non-hydrogen) atoms. The Bertz CT molecular complexity index is 994. The number of hydrogen-bond acceptors (Lipinski definition) is 4. The number of anilines is 1. The van der Waals surface area contributed by atoms with Crippen molar-refractivity contribution >= 4 is 95.4 Å². The fraction of sp³-hybridized carbons (Fsp3) is 0. The van der Waals surface area contributed by atoms with E-state index in [2.05, 4.69) is 37.2 Å². The van der Waals surface area contributed by atoms with Gasteiger partial charge in [0.1, 0.15) is 11.3 Å². The van der Waals surface area contributed by atoms with Crippen molar-refractivity contribution in [3.05, 3.63) is 60.1 Å². The van der Waals surface area contributed by atoms with Crippen molar-refractivity contribution in [1.82, 2.24) is 5.32 Å². The van der Waals surface area contributed by atoms with Gasteiger partial charge in [-0.15, -0.1) is 0 Å². The van der Waals surface area contributed by atoms with Gasteiger partial charge >= 0.3 is 0 Å². The summed E-state index contributed by atoms with van der Waals surface area (Å²) in [5.41, 5.74) is 0.750. The number of phenolic OH excluding ortho intramolecular Hbond substituents is 1. The van der Waals surface area contributed by atoms with E-state index in [4.69, 9.17) is 12.2 Å². The number of phenols is 1. The van der Waals surface area contributed by atoms with Crippen LogP contribution in [-0.2, 0) is 9.59 Å². The first-order valence-electron chi connectivity index (χ1n) is 7.13. The van der Waals surface area contributed by atoms with Gasteiger partial charge in [0.15, 0.2) is 5.11 Å². The molecule has 0 unspecified atom stereocenters. The second-order valence-corrected chi connectivity index (χ2v) is 8.64. The van der Waals surface area contributed by atoms with Crippen LogP contribution in [0, 0.1) is 3.57 Å². The second-order valence-electron chi connectivity index (χ2n) is 5.26. The zero-order chi connectivity index (χ0) is 19.0. The highest BCUT2D eigenvalue weighted by atomic mass is 127. The van der Waals surface area contributed by atoms with Crippen molar-refractivity contribution in [2.75, 3.05) is 4.90 Å². The first kappa shape index (κ1) is 19.5. The van der Waals surface area contributed by atoms with E-state index in [0.717, 1.165) is 8.95 Å². The molecule has 1 aliphatic heterocycles. The predicted octanol–water partition coefficient (Wildman–Crippen LogP) is 4.35. The molecule has 0 spiro atoms. The zero-order valence-corrected chi connectivity index (χ0v) is 18.9. The Morgan fingerprint density at radius 2 is 1.88 bits per heavy atom. The molecule has 1 fully saturated rings. The van der Waals surface area contributed by atoms with E-state index in [0.29, 0.717) is 14.8 Å². The number of carbonyl (C=O) groups is 2. The van der Waals surface area contributed by atoms with Crippen LogP contribution < -0.4 is 10.2 Å². The molecule has 0 bridgehead atoms. The van der Waals surface area contributed by atoms with Crippen LogP contribution in [0.2, 0.25) is 0 Å². The van der Waals surface area contributed by atoms with Crippen molar-refractivity contribution in [2.45, 2.75) is 0 Å². The Hall–Kier alpha value is -1.30. The third kappa shape index (κ3) is 3.85. The minimum Gasteiger partial charge on any atom is -0.506 e. The Balaban J connectivity index is 2.09. The van der Waals surface area contributed by atoms with Gasteiger partial charge in [-0.2, -0.15) is 0 Å². The monoisotopic (exact) mass is 606 g/mol. The maximum atomic E-state index is 12.9. The summed E-state index contributed by atoms with van der Waals surface area (Å²) in [6.07, 6.45) is 1.35. The van der Waals surface area contributed by atoms with Crippen LogP contribution in [0.5, 0.6) is 5.75 Å². The normalized spacial score (nSPS) is 16.2. The standard InChI is InChI=1S/C17H9Br2IN2O3S/c18-9-2-1-3-11(6-9)22-16(25)12(15(24)21-17(22)26)5-8-4-10(19)7-13(20)14(8)23/h1-7,23H,(H,21,24,26)/b12-5-. The predicted molar refractivity (Wildman–Crippen MR) is 119 cm³/mol. The van der Waals surface area contributed by atoms with E-state index in [1.54, 1.807) is 30.3 Å². The van der Waals surface area contributed by atoms with Gasteiger partial charge < -0.3 is 5.11 Å².